The predicted octanol–water partition coefficient (Wildman–Crippen LogP) is 6.44. The van der Waals surface area contributed by atoms with E-state index < -0.39 is 0 Å². The van der Waals surface area contributed by atoms with Crippen LogP contribution in [0, 0.1) is 11.8 Å². The van der Waals surface area contributed by atoms with E-state index in [1.165, 1.54) is 0 Å². The highest BCUT2D eigenvalue weighted by Gasteiger charge is 2.25. The van der Waals surface area contributed by atoms with Crippen molar-refractivity contribution < 1.29 is 9.59 Å². The number of nitrogens with one attached hydrogen (secondary N) is 4. The topological polar surface area (TPSA) is 124 Å². The molecule has 3 amide bonds. The van der Waals surface area contributed by atoms with Gasteiger partial charge in [0.25, 0.3) is 0 Å². The maximum absolute atomic E-state index is 13.2. The number of aromatic nitrogens is 2. The van der Waals surface area contributed by atoms with E-state index in [9.17, 15) is 9.59 Å². The number of allylic oxidation sites excluding steroid dienone is 1. The van der Waals surface area contributed by atoms with Gasteiger partial charge in [-0.25, -0.2) is 9.78 Å². The highest BCUT2D eigenvalue weighted by molar-refractivity contribution is 6.32. The van der Waals surface area contributed by atoms with Gasteiger partial charge in [-0.1, -0.05) is 29.8 Å². The number of para-hydroxylation sites is 1. The summed E-state index contributed by atoms with van der Waals surface area (Å²) < 4.78 is 0. The molecule has 6 bridgehead atoms. The summed E-state index contributed by atoms with van der Waals surface area (Å²) in [4.78, 5) is 40.9. The van der Waals surface area contributed by atoms with Crippen molar-refractivity contribution in [2.24, 2.45) is 16.8 Å². The fourth-order valence-corrected chi connectivity index (χ4v) is 5.70. The van der Waals surface area contributed by atoms with E-state index in [4.69, 9.17) is 11.6 Å². The van der Waals surface area contributed by atoms with Crippen molar-refractivity contribution in [1.82, 2.24) is 14.9 Å². The van der Waals surface area contributed by atoms with Gasteiger partial charge in [0.1, 0.15) is 5.02 Å². The lowest BCUT2D eigenvalue weighted by molar-refractivity contribution is -0.117. The molecule has 3 aliphatic rings. The molecule has 0 spiro atoms. The molecule has 1 unspecified atom stereocenters. The van der Waals surface area contributed by atoms with Crippen LogP contribution in [-0.2, 0) is 11.2 Å². The molecule has 0 saturated carbocycles. The van der Waals surface area contributed by atoms with Gasteiger partial charge in [-0.05, 0) is 73.9 Å². The second-order valence-electron chi connectivity index (χ2n) is 10.9. The molecule has 42 heavy (non-hydrogen) atoms. The summed E-state index contributed by atoms with van der Waals surface area (Å²) in [5.74, 6) is 1.40. The van der Waals surface area contributed by atoms with Crippen LogP contribution >= 0.6 is 11.6 Å². The third kappa shape index (κ3) is 6.88. The average Bonchev–Trinajstić information content (AvgIpc) is 3.00. The minimum absolute atomic E-state index is 0.0146. The molecule has 4 N–H and O–H groups in total. The van der Waals surface area contributed by atoms with Gasteiger partial charge in [-0.3, -0.25) is 9.79 Å². The van der Waals surface area contributed by atoms with Gasteiger partial charge >= 0.3 is 6.03 Å². The quantitative estimate of drug-likeness (QED) is 0.280. The van der Waals surface area contributed by atoms with Gasteiger partial charge in [0.05, 0.1) is 6.20 Å². The molecule has 216 valence electrons. The first kappa shape index (κ1) is 27.7. The van der Waals surface area contributed by atoms with Crippen LogP contribution < -0.4 is 21.3 Å². The molecular weight excluding hydrogens is 552 g/mol. The fourth-order valence-electron chi connectivity index (χ4n) is 5.57. The number of hydrogen-bond donors (Lipinski definition) is 4. The van der Waals surface area contributed by atoms with Gasteiger partial charge in [0.2, 0.25) is 11.9 Å². The van der Waals surface area contributed by atoms with E-state index in [2.05, 4.69) is 36.2 Å². The van der Waals surface area contributed by atoms with Gasteiger partial charge < -0.3 is 26.2 Å². The van der Waals surface area contributed by atoms with E-state index in [1.807, 2.05) is 59.6 Å². The average molecular weight is 585 g/mol. The van der Waals surface area contributed by atoms with Crippen LogP contribution in [0.5, 0.6) is 0 Å². The maximum Gasteiger partial charge on any atom is 0.321 e. The summed E-state index contributed by atoms with van der Waals surface area (Å²) in [6.45, 7) is 1.26. The Kier molecular flexibility index (Phi) is 8.32. The largest absolute Gasteiger partial charge is 0.339 e. The standard InChI is InChI=1S/C31H33ClN8O2/c32-26-19-34-30-36-25-14-21(17-33-18-25)6-7-22-16-24(35-29(26)39-30)8-9-27(22)38-28(41)15-20-10-12-40(13-11-20)31(42)37-23-4-2-1-3-5-23/h1-5,8-9,16-21H,6-7,10-15H2,(H,37,42)(H,38,41)(H2,34,35,36,39). The predicted molar refractivity (Wildman–Crippen MR) is 166 cm³/mol. The molecule has 4 heterocycles. The monoisotopic (exact) mass is 584 g/mol. The lowest BCUT2D eigenvalue weighted by Crippen LogP contribution is -2.41. The van der Waals surface area contributed by atoms with E-state index in [0.29, 0.717) is 36.3 Å². The zero-order chi connectivity index (χ0) is 28.9. The molecule has 0 radical (unpaired) electrons. The normalized spacial score (nSPS) is 18.3. The Morgan fingerprint density at radius 2 is 1.86 bits per heavy atom. The van der Waals surface area contributed by atoms with Crippen LogP contribution in [0.2, 0.25) is 5.02 Å². The van der Waals surface area contributed by atoms with Crippen molar-refractivity contribution in [1.29, 1.82) is 0 Å². The number of urea groups is 1. The van der Waals surface area contributed by atoms with Gasteiger partial charge in [0, 0.05) is 60.6 Å². The summed E-state index contributed by atoms with van der Waals surface area (Å²) in [6, 6.07) is 15.2. The number of carbonyl (C=O) groups is 2. The highest BCUT2D eigenvalue weighted by Crippen LogP contribution is 2.31. The Hall–Kier alpha value is -4.44. The van der Waals surface area contributed by atoms with Gasteiger partial charge in [0.15, 0.2) is 5.82 Å². The Morgan fingerprint density at radius 3 is 2.69 bits per heavy atom. The number of benzene rings is 2. The SMILES string of the molecule is O=C(CC1CCN(C(=O)Nc2ccccc2)CC1)Nc1ccc2cc1CCC1C=NC=C(C1)Nc1ncc(Cl)c(n1)N2. The Bertz CT molecular complexity index is 1520. The molecule has 1 atom stereocenters. The number of hydrogen-bond acceptors (Lipinski definition) is 7. The summed E-state index contributed by atoms with van der Waals surface area (Å²) >= 11 is 6.39. The number of aliphatic imine (C=N–C) groups is 1. The Balaban J connectivity index is 1.10. The van der Waals surface area contributed by atoms with Crippen molar-refractivity contribution in [3.05, 3.63) is 77.2 Å². The highest BCUT2D eigenvalue weighted by atomic mass is 35.5. The first-order valence-corrected chi connectivity index (χ1v) is 14.7. The van der Waals surface area contributed by atoms with E-state index >= 15 is 0 Å². The van der Waals surface area contributed by atoms with Gasteiger partial charge in [-0.15, -0.1) is 0 Å². The van der Waals surface area contributed by atoms with Crippen molar-refractivity contribution in [3.8, 4) is 0 Å². The number of nitrogens with zero attached hydrogens (tertiary/aromatic N) is 4. The number of halogens is 1. The fraction of sp³-hybridized carbons (Fsp3) is 0.323. The maximum atomic E-state index is 13.2. The van der Waals surface area contributed by atoms with Crippen molar-refractivity contribution >= 4 is 58.6 Å². The van der Waals surface area contributed by atoms with Crippen LogP contribution in [0.3, 0.4) is 0 Å². The number of piperidine rings is 1. The molecule has 6 rings (SSSR count). The Morgan fingerprint density at radius 1 is 1.02 bits per heavy atom. The van der Waals surface area contributed by atoms with E-state index in [1.54, 1.807) is 12.4 Å². The molecule has 3 aliphatic heterocycles. The van der Waals surface area contributed by atoms with Crippen molar-refractivity contribution in [3.63, 3.8) is 0 Å². The second kappa shape index (κ2) is 12.6. The third-order valence-electron chi connectivity index (χ3n) is 7.85. The third-order valence-corrected chi connectivity index (χ3v) is 8.13. The number of aryl methyl sites for hydroxylation is 1. The number of carbonyl (C=O) groups excluding carboxylic acids is 2. The van der Waals surface area contributed by atoms with Crippen molar-refractivity contribution in [2.75, 3.05) is 34.4 Å². The molecule has 1 aromatic heterocycles. The molecule has 1 saturated heterocycles. The summed E-state index contributed by atoms with van der Waals surface area (Å²) in [6.07, 6.45) is 9.77. The molecule has 0 aliphatic carbocycles. The van der Waals surface area contributed by atoms with Crippen LogP contribution in [-0.4, -0.2) is 46.1 Å². The van der Waals surface area contributed by atoms with Gasteiger partial charge in [-0.2, -0.15) is 4.98 Å². The lowest BCUT2D eigenvalue weighted by atomic mass is 9.92. The smallest absolute Gasteiger partial charge is 0.321 e. The van der Waals surface area contributed by atoms with Crippen molar-refractivity contribution in [2.45, 2.75) is 38.5 Å². The zero-order valence-corrected chi connectivity index (χ0v) is 23.9. The molecule has 10 nitrogen and oxygen atoms in total. The molecule has 2 aromatic carbocycles. The lowest BCUT2D eigenvalue weighted by Gasteiger charge is -2.31. The van der Waals surface area contributed by atoms with Crippen LogP contribution in [0.15, 0.2) is 71.6 Å². The zero-order valence-electron chi connectivity index (χ0n) is 23.1. The van der Waals surface area contributed by atoms with Crippen LogP contribution in [0.25, 0.3) is 0 Å². The van der Waals surface area contributed by atoms with E-state index in [0.717, 1.165) is 60.4 Å². The summed E-state index contributed by atoms with van der Waals surface area (Å²) in [5.41, 5.74) is 4.38. The number of likely N-dealkylation sites (tertiary alicyclic amines) is 1. The second-order valence-corrected chi connectivity index (χ2v) is 11.4. The van der Waals surface area contributed by atoms with Crippen LogP contribution in [0.1, 0.15) is 37.7 Å². The first-order chi connectivity index (χ1) is 20.5. The number of fused-ring (bicyclic) bond motifs is 6. The van der Waals surface area contributed by atoms with Crippen LogP contribution in [0.4, 0.5) is 33.6 Å². The number of amides is 3. The molecule has 11 heteroatoms. The summed E-state index contributed by atoms with van der Waals surface area (Å²) in [7, 11) is 0. The Labute approximate surface area is 249 Å². The number of rotatable bonds is 4. The first-order valence-electron chi connectivity index (χ1n) is 14.3. The minimum Gasteiger partial charge on any atom is -0.339 e. The molecule has 3 aromatic rings. The molecular formula is C31H33ClN8O2. The minimum atomic E-state index is -0.0984. The number of anilines is 5. The summed E-state index contributed by atoms with van der Waals surface area (Å²) in [5, 5.41) is 13.1. The molecule has 1 fully saturated rings. The van der Waals surface area contributed by atoms with E-state index in [-0.39, 0.29) is 23.8 Å².